The fraction of sp³-hybridized carbons (Fsp3) is 0.375. The van der Waals surface area contributed by atoms with Crippen LogP contribution < -0.4 is 17.1 Å². The van der Waals surface area contributed by atoms with Crippen LogP contribution in [0, 0.1) is 0 Å². The third-order valence-corrected chi connectivity index (χ3v) is 1.60. The molecular weight excluding hydrogens is 202 g/mol. The Kier molecular flexibility index (Phi) is 3.67. The number of hydrogen-bond acceptors (Lipinski definition) is 4. The van der Waals surface area contributed by atoms with Crippen molar-refractivity contribution >= 4 is 0 Å². The van der Waals surface area contributed by atoms with Gasteiger partial charge in [0.2, 0.25) is 0 Å². The van der Waals surface area contributed by atoms with Crippen LogP contribution in [0.3, 0.4) is 0 Å². The maximum absolute atomic E-state index is 11.1. The highest BCUT2D eigenvalue weighted by molar-refractivity contribution is 4.70. The number of nitrogens with zero attached hydrogens (tertiary/aromatic N) is 1. The van der Waals surface area contributed by atoms with Gasteiger partial charge < -0.3 is 4.74 Å². The second-order valence-electron chi connectivity index (χ2n) is 2.68. The van der Waals surface area contributed by atoms with E-state index in [4.69, 9.17) is 4.74 Å². The molecule has 0 aliphatic rings. The minimum atomic E-state index is -0.810. The van der Waals surface area contributed by atoms with E-state index in [-0.39, 0.29) is 13.2 Å². The molecule has 0 aliphatic carbocycles. The summed E-state index contributed by atoms with van der Waals surface area (Å²) in [5.41, 5.74) is -2.30. The average molecular weight is 213 g/mol. The molecule has 0 saturated carbocycles. The van der Waals surface area contributed by atoms with E-state index in [0.29, 0.717) is 0 Å². The van der Waals surface area contributed by atoms with Gasteiger partial charge in [-0.3, -0.25) is 9.97 Å². The van der Waals surface area contributed by atoms with Crippen LogP contribution >= 0.6 is 0 Å². The first kappa shape index (κ1) is 11.0. The Hall–Kier alpha value is -2.05. The summed E-state index contributed by atoms with van der Waals surface area (Å²) in [6.07, 6.45) is 3.13. The van der Waals surface area contributed by atoms with Crippen LogP contribution in [-0.4, -0.2) is 21.1 Å². The summed E-state index contributed by atoms with van der Waals surface area (Å²) in [4.78, 5) is 36.8. The molecule has 2 N–H and O–H groups in total. The minimum absolute atomic E-state index is 0.0787. The first-order valence-corrected chi connectivity index (χ1v) is 4.31. The van der Waals surface area contributed by atoms with Crippen LogP contribution in [0.4, 0.5) is 0 Å². The van der Waals surface area contributed by atoms with E-state index >= 15 is 0 Å². The topological polar surface area (TPSA) is 96.9 Å². The molecule has 0 fully saturated rings. The van der Waals surface area contributed by atoms with E-state index in [1.165, 1.54) is 6.26 Å². The Morgan fingerprint density at radius 3 is 2.40 bits per heavy atom. The van der Waals surface area contributed by atoms with Crippen molar-refractivity contribution in [3.63, 3.8) is 0 Å². The highest BCUT2D eigenvalue weighted by atomic mass is 16.5. The number of nitrogens with one attached hydrogen (secondary N) is 2. The molecule has 0 amide bonds. The second-order valence-corrected chi connectivity index (χ2v) is 2.68. The maximum atomic E-state index is 11.1. The van der Waals surface area contributed by atoms with Crippen molar-refractivity contribution in [2.45, 2.75) is 13.5 Å². The van der Waals surface area contributed by atoms with Gasteiger partial charge in [0.1, 0.15) is 6.61 Å². The molecule has 0 aromatic carbocycles. The largest absolute Gasteiger partial charge is 0.500 e. The highest BCUT2D eigenvalue weighted by Gasteiger charge is 2.01. The van der Waals surface area contributed by atoms with Gasteiger partial charge in [-0.1, -0.05) is 6.08 Å². The number of aromatic amines is 2. The zero-order valence-corrected chi connectivity index (χ0v) is 8.15. The lowest BCUT2D eigenvalue weighted by Crippen LogP contribution is -2.43. The summed E-state index contributed by atoms with van der Waals surface area (Å²) < 4.78 is 5.79. The zero-order chi connectivity index (χ0) is 11.3. The molecule has 0 bridgehead atoms. The standard InChI is InChI=1S/C8H11N3O4/c1-2-4-15-5-3-11-7(13)9-6(12)10-8(11)14/h2,4H,3,5H2,1H3,(H2,9,10,12,13,14). The van der Waals surface area contributed by atoms with Crippen molar-refractivity contribution in [2.75, 3.05) is 6.61 Å². The van der Waals surface area contributed by atoms with Crippen LogP contribution in [0.5, 0.6) is 0 Å². The predicted octanol–water partition coefficient (Wildman–Crippen LogP) is -1.22. The lowest BCUT2D eigenvalue weighted by molar-refractivity contribution is 0.230. The van der Waals surface area contributed by atoms with E-state index in [0.717, 1.165) is 4.57 Å². The number of ether oxygens (including phenoxy) is 1. The monoisotopic (exact) mass is 213 g/mol. The number of rotatable bonds is 4. The van der Waals surface area contributed by atoms with Crippen molar-refractivity contribution in [2.24, 2.45) is 0 Å². The maximum Gasteiger partial charge on any atom is 0.333 e. The third kappa shape index (κ3) is 2.97. The molecule has 0 unspecified atom stereocenters. The van der Waals surface area contributed by atoms with Gasteiger partial charge in [0, 0.05) is 0 Å². The molecule has 1 aromatic rings. The van der Waals surface area contributed by atoms with Crippen LogP contribution in [0.15, 0.2) is 26.7 Å². The molecule has 1 rings (SSSR count). The predicted molar refractivity (Wildman–Crippen MR) is 52.7 cm³/mol. The van der Waals surface area contributed by atoms with E-state index in [1.54, 1.807) is 13.0 Å². The first-order valence-electron chi connectivity index (χ1n) is 4.31. The SMILES string of the molecule is CC=COCCn1c(=O)[nH]c(=O)[nH]c1=O. The summed E-state index contributed by atoms with van der Waals surface area (Å²) in [5, 5.41) is 0. The second kappa shape index (κ2) is 4.99. The van der Waals surface area contributed by atoms with Gasteiger partial charge in [0.25, 0.3) is 0 Å². The fourth-order valence-corrected chi connectivity index (χ4v) is 0.964. The number of aromatic nitrogens is 3. The van der Waals surface area contributed by atoms with Gasteiger partial charge in [-0.15, -0.1) is 0 Å². The van der Waals surface area contributed by atoms with Gasteiger partial charge in [-0.2, -0.15) is 0 Å². The third-order valence-electron chi connectivity index (χ3n) is 1.60. The van der Waals surface area contributed by atoms with Gasteiger partial charge in [-0.05, 0) is 6.92 Å². The molecule has 1 aromatic heterocycles. The van der Waals surface area contributed by atoms with E-state index in [9.17, 15) is 14.4 Å². The van der Waals surface area contributed by atoms with Gasteiger partial charge >= 0.3 is 17.1 Å². The zero-order valence-electron chi connectivity index (χ0n) is 8.15. The molecule has 82 valence electrons. The van der Waals surface area contributed by atoms with Crippen LogP contribution in [0.2, 0.25) is 0 Å². The molecule has 7 nitrogen and oxygen atoms in total. The lowest BCUT2D eigenvalue weighted by atomic mass is 10.6. The molecule has 0 aliphatic heterocycles. The van der Waals surface area contributed by atoms with Crippen LogP contribution in [-0.2, 0) is 11.3 Å². The Bertz CT molecular complexity index is 473. The molecule has 1 heterocycles. The fourth-order valence-electron chi connectivity index (χ4n) is 0.964. The Morgan fingerprint density at radius 2 is 1.87 bits per heavy atom. The van der Waals surface area contributed by atoms with E-state index in [2.05, 4.69) is 0 Å². The Labute approximate surface area is 84.0 Å². The van der Waals surface area contributed by atoms with Crippen molar-refractivity contribution in [1.82, 2.24) is 14.5 Å². The van der Waals surface area contributed by atoms with Crippen molar-refractivity contribution in [3.8, 4) is 0 Å². The summed E-state index contributed by atoms with van der Waals surface area (Å²) in [7, 11) is 0. The Balaban J connectivity index is 2.82. The average Bonchev–Trinajstić information content (AvgIpc) is 2.15. The Morgan fingerprint density at radius 1 is 1.27 bits per heavy atom. The lowest BCUT2D eigenvalue weighted by Gasteiger charge is -2.02. The quantitative estimate of drug-likeness (QED) is 0.483. The summed E-state index contributed by atoms with van der Waals surface area (Å²) in [6, 6.07) is 0. The number of hydrogen-bond donors (Lipinski definition) is 2. The number of allylic oxidation sites excluding steroid dienone is 1. The van der Waals surface area contributed by atoms with Crippen molar-refractivity contribution in [3.05, 3.63) is 43.8 Å². The van der Waals surface area contributed by atoms with E-state index in [1.807, 2.05) is 9.97 Å². The molecule has 0 atom stereocenters. The number of H-pyrrole nitrogens is 2. The molecule has 0 saturated heterocycles. The smallest absolute Gasteiger partial charge is 0.333 e. The summed E-state index contributed by atoms with van der Waals surface area (Å²) >= 11 is 0. The molecule has 15 heavy (non-hydrogen) atoms. The molecule has 0 spiro atoms. The van der Waals surface area contributed by atoms with Gasteiger partial charge in [-0.25, -0.2) is 19.0 Å². The van der Waals surface area contributed by atoms with Crippen LogP contribution in [0.1, 0.15) is 6.92 Å². The minimum Gasteiger partial charge on any atom is -0.500 e. The van der Waals surface area contributed by atoms with Crippen LogP contribution in [0.25, 0.3) is 0 Å². The van der Waals surface area contributed by atoms with Crippen molar-refractivity contribution < 1.29 is 4.74 Å². The highest BCUT2D eigenvalue weighted by Crippen LogP contribution is 1.78. The summed E-state index contributed by atoms with van der Waals surface area (Å²) in [6.45, 7) is 2.04. The summed E-state index contributed by atoms with van der Waals surface area (Å²) in [5.74, 6) is 0. The van der Waals surface area contributed by atoms with Gasteiger partial charge in [0.05, 0.1) is 12.8 Å². The molecular formula is C8H11N3O4. The van der Waals surface area contributed by atoms with Crippen molar-refractivity contribution in [1.29, 1.82) is 0 Å². The normalized spacial score (nSPS) is 10.7. The first-order chi connectivity index (χ1) is 7.15. The van der Waals surface area contributed by atoms with Gasteiger partial charge in [0.15, 0.2) is 0 Å². The van der Waals surface area contributed by atoms with E-state index < -0.39 is 17.1 Å². The molecule has 0 radical (unpaired) electrons. The molecule has 7 heteroatoms.